The summed E-state index contributed by atoms with van der Waals surface area (Å²) in [5.74, 6) is 0. The first-order chi connectivity index (χ1) is 6.19. The van der Waals surface area contributed by atoms with Gasteiger partial charge in [-0.3, -0.25) is 0 Å². The number of hydrogen-bond acceptors (Lipinski definition) is 3. The number of hydrogen-bond donors (Lipinski definition) is 1. The standard InChI is InChI=1S/C9H18N4/c1-4-7(3)13-6-9(11-12-13)8(10)5-2/h6-8H,4-5,10H2,1-3H3. The molecular formula is C9H18N4. The van der Waals surface area contributed by atoms with Gasteiger partial charge in [0.25, 0.3) is 0 Å². The number of nitrogens with zero attached hydrogens (tertiary/aromatic N) is 3. The highest BCUT2D eigenvalue weighted by Crippen LogP contribution is 2.13. The lowest BCUT2D eigenvalue weighted by molar-refractivity contribution is 0.464. The molecule has 0 bridgehead atoms. The molecule has 0 aliphatic heterocycles. The van der Waals surface area contributed by atoms with E-state index in [1.165, 1.54) is 0 Å². The Kier molecular flexibility index (Phi) is 3.42. The predicted octanol–water partition coefficient (Wildman–Crippen LogP) is 1.66. The Bertz CT molecular complexity index is 231. The monoisotopic (exact) mass is 182 g/mol. The molecule has 4 heteroatoms. The average Bonchev–Trinajstić information content (AvgIpc) is 2.64. The van der Waals surface area contributed by atoms with Gasteiger partial charge in [0.15, 0.2) is 0 Å². The molecule has 0 aliphatic carbocycles. The highest BCUT2D eigenvalue weighted by Gasteiger charge is 2.10. The quantitative estimate of drug-likeness (QED) is 0.770. The second-order valence-corrected chi connectivity index (χ2v) is 3.40. The maximum atomic E-state index is 5.83. The number of aromatic nitrogens is 3. The van der Waals surface area contributed by atoms with E-state index in [0.717, 1.165) is 18.5 Å². The lowest BCUT2D eigenvalue weighted by Crippen LogP contribution is -2.09. The van der Waals surface area contributed by atoms with Crippen LogP contribution in [-0.4, -0.2) is 15.0 Å². The van der Waals surface area contributed by atoms with Gasteiger partial charge in [-0.1, -0.05) is 19.1 Å². The molecule has 0 aromatic carbocycles. The second kappa shape index (κ2) is 4.37. The highest BCUT2D eigenvalue weighted by atomic mass is 15.4. The van der Waals surface area contributed by atoms with E-state index in [9.17, 15) is 0 Å². The van der Waals surface area contributed by atoms with Crippen molar-refractivity contribution in [2.24, 2.45) is 5.73 Å². The first-order valence-corrected chi connectivity index (χ1v) is 4.86. The van der Waals surface area contributed by atoms with Crippen molar-refractivity contribution in [3.63, 3.8) is 0 Å². The van der Waals surface area contributed by atoms with Crippen molar-refractivity contribution in [1.29, 1.82) is 0 Å². The van der Waals surface area contributed by atoms with E-state index in [-0.39, 0.29) is 6.04 Å². The molecule has 2 N–H and O–H groups in total. The topological polar surface area (TPSA) is 56.7 Å². The van der Waals surface area contributed by atoms with E-state index in [1.807, 2.05) is 17.8 Å². The smallest absolute Gasteiger partial charge is 0.0994 e. The van der Waals surface area contributed by atoms with Gasteiger partial charge < -0.3 is 5.73 Å². The molecule has 0 amide bonds. The second-order valence-electron chi connectivity index (χ2n) is 3.40. The zero-order chi connectivity index (χ0) is 9.84. The van der Waals surface area contributed by atoms with Crippen LogP contribution in [0.5, 0.6) is 0 Å². The third-order valence-electron chi connectivity index (χ3n) is 2.39. The van der Waals surface area contributed by atoms with Gasteiger partial charge in [0.2, 0.25) is 0 Å². The molecule has 74 valence electrons. The maximum Gasteiger partial charge on any atom is 0.0994 e. The third-order valence-corrected chi connectivity index (χ3v) is 2.39. The molecule has 0 spiro atoms. The lowest BCUT2D eigenvalue weighted by atomic mass is 10.2. The summed E-state index contributed by atoms with van der Waals surface area (Å²) in [6.45, 7) is 6.30. The summed E-state index contributed by atoms with van der Waals surface area (Å²) in [4.78, 5) is 0. The minimum Gasteiger partial charge on any atom is -0.323 e. The minimum atomic E-state index is 0.0257. The SMILES string of the molecule is CCC(N)c1cn(C(C)CC)nn1. The lowest BCUT2D eigenvalue weighted by Gasteiger charge is -2.06. The Morgan fingerprint density at radius 2 is 2.15 bits per heavy atom. The molecular weight excluding hydrogens is 164 g/mol. The van der Waals surface area contributed by atoms with Crippen LogP contribution in [0.3, 0.4) is 0 Å². The van der Waals surface area contributed by atoms with Crippen LogP contribution in [0.2, 0.25) is 0 Å². The van der Waals surface area contributed by atoms with Gasteiger partial charge in [-0.2, -0.15) is 0 Å². The zero-order valence-corrected chi connectivity index (χ0v) is 8.57. The molecule has 4 nitrogen and oxygen atoms in total. The summed E-state index contributed by atoms with van der Waals surface area (Å²) in [6.07, 6.45) is 3.91. The molecule has 1 aromatic heterocycles. The Morgan fingerprint density at radius 1 is 1.46 bits per heavy atom. The zero-order valence-electron chi connectivity index (χ0n) is 8.57. The van der Waals surface area contributed by atoms with E-state index in [0.29, 0.717) is 6.04 Å². The van der Waals surface area contributed by atoms with Crippen molar-refractivity contribution in [3.8, 4) is 0 Å². The van der Waals surface area contributed by atoms with Gasteiger partial charge in [-0.05, 0) is 19.8 Å². The van der Waals surface area contributed by atoms with Crippen LogP contribution in [-0.2, 0) is 0 Å². The Balaban J connectivity index is 2.74. The maximum absolute atomic E-state index is 5.83. The summed E-state index contributed by atoms with van der Waals surface area (Å²) >= 11 is 0. The first kappa shape index (κ1) is 10.2. The largest absolute Gasteiger partial charge is 0.323 e. The van der Waals surface area contributed by atoms with Gasteiger partial charge in [0.1, 0.15) is 0 Å². The van der Waals surface area contributed by atoms with E-state index in [4.69, 9.17) is 5.73 Å². The Hall–Kier alpha value is -0.900. The van der Waals surface area contributed by atoms with Crippen molar-refractivity contribution < 1.29 is 0 Å². The third kappa shape index (κ3) is 2.28. The molecule has 1 rings (SSSR count). The fraction of sp³-hybridized carbons (Fsp3) is 0.778. The van der Waals surface area contributed by atoms with Crippen LogP contribution in [0, 0.1) is 0 Å². The molecule has 0 saturated carbocycles. The van der Waals surface area contributed by atoms with Crippen molar-refractivity contribution in [3.05, 3.63) is 11.9 Å². The Morgan fingerprint density at radius 3 is 2.69 bits per heavy atom. The summed E-state index contributed by atoms with van der Waals surface area (Å²) in [6, 6.07) is 0.433. The normalized spacial score (nSPS) is 15.7. The molecule has 0 fully saturated rings. The predicted molar refractivity (Wildman–Crippen MR) is 52.2 cm³/mol. The summed E-state index contributed by atoms with van der Waals surface area (Å²) < 4.78 is 1.88. The van der Waals surface area contributed by atoms with Gasteiger partial charge in [-0.25, -0.2) is 4.68 Å². The van der Waals surface area contributed by atoms with Crippen LogP contribution in [0.25, 0.3) is 0 Å². The van der Waals surface area contributed by atoms with E-state index < -0.39 is 0 Å². The van der Waals surface area contributed by atoms with Crippen LogP contribution in [0.4, 0.5) is 0 Å². The molecule has 1 heterocycles. The molecule has 0 saturated heterocycles. The Labute approximate surface area is 79.1 Å². The minimum absolute atomic E-state index is 0.0257. The van der Waals surface area contributed by atoms with Crippen LogP contribution in [0.15, 0.2) is 6.20 Å². The fourth-order valence-corrected chi connectivity index (χ4v) is 1.07. The van der Waals surface area contributed by atoms with Crippen LogP contribution < -0.4 is 5.73 Å². The van der Waals surface area contributed by atoms with Crippen molar-refractivity contribution in [2.45, 2.75) is 45.7 Å². The first-order valence-electron chi connectivity index (χ1n) is 4.86. The highest BCUT2D eigenvalue weighted by molar-refractivity contribution is 4.99. The molecule has 0 aliphatic rings. The molecule has 1 aromatic rings. The number of rotatable bonds is 4. The van der Waals surface area contributed by atoms with Gasteiger partial charge in [0, 0.05) is 0 Å². The van der Waals surface area contributed by atoms with Crippen molar-refractivity contribution in [2.75, 3.05) is 0 Å². The van der Waals surface area contributed by atoms with Crippen molar-refractivity contribution >= 4 is 0 Å². The van der Waals surface area contributed by atoms with Crippen molar-refractivity contribution in [1.82, 2.24) is 15.0 Å². The van der Waals surface area contributed by atoms with Gasteiger partial charge in [0.05, 0.1) is 24.0 Å². The summed E-state index contributed by atoms with van der Waals surface area (Å²) in [5.41, 5.74) is 6.72. The van der Waals surface area contributed by atoms with E-state index in [1.54, 1.807) is 0 Å². The van der Waals surface area contributed by atoms with Gasteiger partial charge in [-0.15, -0.1) is 5.10 Å². The molecule has 13 heavy (non-hydrogen) atoms. The van der Waals surface area contributed by atoms with Crippen LogP contribution >= 0.6 is 0 Å². The van der Waals surface area contributed by atoms with Crippen LogP contribution in [0.1, 0.15) is 51.4 Å². The number of nitrogens with two attached hydrogens (primary N) is 1. The summed E-state index contributed by atoms with van der Waals surface area (Å²) in [7, 11) is 0. The molecule has 2 atom stereocenters. The molecule has 2 unspecified atom stereocenters. The summed E-state index contributed by atoms with van der Waals surface area (Å²) in [5, 5.41) is 8.09. The average molecular weight is 182 g/mol. The molecule has 0 radical (unpaired) electrons. The fourth-order valence-electron chi connectivity index (χ4n) is 1.07. The van der Waals surface area contributed by atoms with E-state index in [2.05, 4.69) is 24.2 Å². The van der Waals surface area contributed by atoms with E-state index >= 15 is 0 Å². The van der Waals surface area contributed by atoms with Gasteiger partial charge >= 0.3 is 0 Å².